The Hall–Kier alpha value is -1.88. The van der Waals surface area contributed by atoms with E-state index in [1.807, 2.05) is 0 Å². The number of rotatable bonds is 4. The van der Waals surface area contributed by atoms with Crippen molar-refractivity contribution >= 4 is 11.9 Å². The van der Waals surface area contributed by atoms with Crippen molar-refractivity contribution in [3.8, 4) is 0 Å². The highest BCUT2D eigenvalue weighted by atomic mass is 16.5. The van der Waals surface area contributed by atoms with Crippen molar-refractivity contribution in [2.75, 3.05) is 13.7 Å². The zero-order chi connectivity index (χ0) is 15.4. The van der Waals surface area contributed by atoms with Gasteiger partial charge in [-0.1, -0.05) is 19.1 Å². The quantitative estimate of drug-likeness (QED) is 0.861. The predicted octanol–water partition coefficient (Wildman–Crippen LogP) is 2.16. The van der Waals surface area contributed by atoms with Crippen LogP contribution in [0.2, 0.25) is 0 Å². The molecule has 1 N–H and O–H groups in total. The number of carbonyl (C=O) groups excluding carboxylic acids is 1. The molecule has 0 amide bonds. The number of benzene rings is 1. The molecule has 0 radical (unpaired) electrons. The number of carbonyl (C=O) groups is 2. The summed E-state index contributed by atoms with van der Waals surface area (Å²) in [6.45, 7) is 3.63. The summed E-state index contributed by atoms with van der Waals surface area (Å²) in [6.07, 6.45) is 1.86. The maximum atomic E-state index is 11.9. The largest absolute Gasteiger partial charge is 0.478 e. The van der Waals surface area contributed by atoms with E-state index >= 15 is 0 Å². The Morgan fingerprint density at radius 2 is 2.00 bits per heavy atom. The van der Waals surface area contributed by atoms with E-state index < -0.39 is 5.97 Å². The minimum Gasteiger partial charge on any atom is -0.478 e. The van der Waals surface area contributed by atoms with Crippen LogP contribution >= 0.6 is 0 Å². The van der Waals surface area contributed by atoms with Gasteiger partial charge in [-0.2, -0.15) is 0 Å². The van der Waals surface area contributed by atoms with Gasteiger partial charge >= 0.3 is 11.9 Å². The Morgan fingerprint density at radius 1 is 1.33 bits per heavy atom. The molecule has 0 spiro atoms. The monoisotopic (exact) mass is 291 g/mol. The van der Waals surface area contributed by atoms with Crippen LogP contribution in [0.25, 0.3) is 0 Å². The van der Waals surface area contributed by atoms with Gasteiger partial charge < -0.3 is 9.84 Å². The number of methoxy groups -OCH3 is 1. The second-order valence-corrected chi connectivity index (χ2v) is 5.64. The molecule has 21 heavy (non-hydrogen) atoms. The first-order chi connectivity index (χ1) is 10.0. The lowest BCUT2D eigenvalue weighted by molar-refractivity contribution is -0.149. The number of ether oxygens (including phenoxy) is 1. The molecule has 1 aromatic rings. The molecule has 1 heterocycles. The molecule has 0 aromatic heterocycles. The van der Waals surface area contributed by atoms with E-state index in [2.05, 4.69) is 11.8 Å². The van der Waals surface area contributed by atoms with Crippen LogP contribution in [-0.2, 0) is 16.1 Å². The van der Waals surface area contributed by atoms with Gasteiger partial charge in [-0.25, -0.2) is 4.79 Å². The van der Waals surface area contributed by atoms with Crippen molar-refractivity contribution in [1.29, 1.82) is 0 Å². The van der Waals surface area contributed by atoms with Crippen molar-refractivity contribution in [3.05, 3.63) is 35.4 Å². The number of hydrogen-bond donors (Lipinski definition) is 1. The summed E-state index contributed by atoms with van der Waals surface area (Å²) in [6, 6.07) is 6.58. The molecular formula is C16H21NO4. The molecule has 1 saturated heterocycles. The normalized spacial score (nSPS) is 22.8. The van der Waals surface area contributed by atoms with E-state index in [4.69, 9.17) is 9.84 Å². The van der Waals surface area contributed by atoms with Gasteiger partial charge in [-0.05, 0) is 43.0 Å². The fourth-order valence-corrected chi connectivity index (χ4v) is 2.75. The maximum Gasteiger partial charge on any atom is 0.335 e. The van der Waals surface area contributed by atoms with Crippen molar-refractivity contribution in [2.45, 2.75) is 32.4 Å². The first kappa shape index (κ1) is 15.5. The number of piperidine rings is 1. The first-order valence-electron chi connectivity index (χ1n) is 7.15. The average molecular weight is 291 g/mol. The van der Waals surface area contributed by atoms with Gasteiger partial charge in [0.05, 0.1) is 12.7 Å². The molecular weight excluding hydrogens is 270 g/mol. The summed E-state index contributed by atoms with van der Waals surface area (Å²) in [7, 11) is 1.42. The summed E-state index contributed by atoms with van der Waals surface area (Å²) < 4.78 is 4.90. The minimum absolute atomic E-state index is 0.191. The Balaban J connectivity index is 2.08. The molecule has 0 aliphatic carbocycles. The number of aromatic carboxylic acids is 1. The van der Waals surface area contributed by atoms with Gasteiger partial charge in [0.15, 0.2) is 0 Å². The lowest BCUT2D eigenvalue weighted by atomic mass is 9.92. The number of esters is 1. The summed E-state index contributed by atoms with van der Waals surface area (Å²) >= 11 is 0. The number of carboxylic acids is 1. The number of hydrogen-bond acceptors (Lipinski definition) is 4. The molecule has 2 rings (SSSR count). The average Bonchev–Trinajstić information content (AvgIpc) is 2.48. The van der Waals surface area contributed by atoms with Crippen LogP contribution in [0.4, 0.5) is 0 Å². The standard InChI is InChI=1S/C16H21NO4/c1-11-7-8-17(14(9-11)16(20)21-2)10-12-3-5-13(6-4-12)15(18)19/h3-6,11,14H,7-10H2,1-2H3,(H,18,19). The lowest BCUT2D eigenvalue weighted by Crippen LogP contribution is -2.46. The van der Waals surface area contributed by atoms with E-state index in [-0.39, 0.29) is 17.6 Å². The van der Waals surface area contributed by atoms with Crippen LogP contribution in [0, 0.1) is 5.92 Å². The van der Waals surface area contributed by atoms with Crippen molar-refractivity contribution in [2.24, 2.45) is 5.92 Å². The topological polar surface area (TPSA) is 66.8 Å². The molecule has 1 aliphatic rings. The second-order valence-electron chi connectivity index (χ2n) is 5.64. The highest BCUT2D eigenvalue weighted by Crippen LogP contribution is 2.25. The van der Waals surface area contributed by atoms with Gasteiger partial charge in [0.2, 0.25) is 0 Å². The van der Waals surface area contributed by atoms with Crippen LogP contribution < -0.4 is 0 Å². The van der Waals surface area contributed by atoms with Crippen LogP contribution in [0.5, 0.6) is 0 Å². The highest BCUT2D eigenvalue weighted by molar-refractivity contribution is 5.87. The third kappa shape index (κ3) is 3.82. The molecule has 114 valence electrons. The smallest absolute Gasteiger partial charge is 0.335 e. The van der Waals surface area contributed by atoms with Crippen LogP contribution in [0.15, 0.2) is 24.3 Å². The van der Waals surface area contributed by atoms with E-state index in [1.54, 1.807) is 24.3 Å². The molecule has 5 heteroatoms. The lowest BCUT2D eigenvalue weighted by Gasteiger charge is -2.36. The molecule has 1 aliphatic heterocycles. The Morgan fingerprint density at radius 3 is 2.57 bits per heavy atom. The van der Waals surface area contributed by atoms with Crippen molar-refractivity contribution in [3.63, 3.8) is 0 Å². The summed E-state index contributed by atoms with van der Waals surface area (Å²) in [5.74, 6) is -0.607. The van der Waals surface area contributed by atoms with Gasteiger partial charge in [0.25, 0.3) is 0 Å². The third-order valence-corrected chi connectivity index (χ3v) is 4.04. The minimum atomic E-state index is -0.930. The molecule has 0 saturated carbocycles. The van der Waals surface area contributed by atoms with E-state index in [0.29, 0.717) is 12.5 Å². The zero-order valence-corrected chi connectivity index (χ0v) is 12.4. The number of carboxylic acid groups (broad SMARTS) is 1. The number of nitrogens with zero attached hydrogens (tertiary/aromatic N) is 1. The van der Waals surface area contributed by atoms with Gasteiger partial charge in [-0.3, -0.25) is 9.69 Å². The Bertz CT molecular complexity index is 512. The summed E-state index contributed by atoms with van der Waals surface area (Å²) in [4.78, 5) is 24.9. The van der Waals surface area contributed by atoms with E-state index in [0.717, 1.165) is 24.9 Å². The predicted molar refractivity (Wildman–Crippen MR) is 78.0 cm³/mol. The van der Waals surface area contributed by atoms with Crippen LogP contribution in [0.3, 0.4) is 0 Å². The zero-order valence-electron chi connectivity index (χ0n) is 12.4. The fraction of sp³-hybridized carbons (Fsp3) is 0.500. The second kappa shape index (κ2) is 6.72. The van der Waals surface area contributed by atoms with Crippen molar-refractivity contribution in [1.82, 2.24) is 4.90 Å². The Labute approximate surface area is 124 Å². The summed E-state index contributed by atoms with van der Waals surface area (Å²) in [5, 5.41) is 8.90. The molecule has 1 aromatic carbocycles. The first-order valence-corrected chi connectivity index (χ1v) is 7.15. The van der Waals surface area contributed by atoms with E-state index in [1.165, 1.54) is 7.11 Å². The fourth-order valence-electron chi connectivity index (χ4n) is 2.75. The highest BCUT2D eigenvalue weighted by Gasteiger charge is 2.32. The summed E-state index contributed by atoms with van der Waals surface area (Å²) in [5.41, 5.74) is 1.28. The molecule has 2 atom stereocenters. The van der Waals surface area contributed by atoms with Crippen LogP contribution in [0.1, 0.15) is 35.7 Å². The molecule has 5 nitrogen and oxygen atoms in total. The van der Waals surface area contributed by atoms with Gasteiger partial charge in [0, 0.05) is 6.54 Å². The van der Waals surface area contributed by atoms with Gasteiger partial charge in [-0.15, -0.1) is 0 Å². The third-order valence-electron chi connectivity index (χ3n) is 4.04. The van der Waals surface area contributed by atoms with Crippen LogP contribution in [-0.4, -0.2) is 41.6 Å². The van der Waals surface area contributed by atoms with E-state index in [9.17, 15) is 9.59 Å². The maximum absolute atomic E-state index is 11.9. The van der Waals surface area contributed by atoms with Gasteiger partial charge in [0.1, 0.15) is 6.04 Å². The SMILES string of the molecule is COC(=O)C1CC(C)CCN1Cc1ccc(C(=O)O)cc1. The molecule has 1 fully saturated rings. The molecule has 0 bridgehead atoms. The molecule has 2 unspecified atom stereocenters. The number of likely N-dealkylation sites (tertiary alicyclic amines) is 1. The van der Waals surface area contributed by atoms with Crippen molar-refractivity contribution < 1.29 is 19.4 Å². The Kier molecular flexibility index (Phi) is 4.96.